The maximum absolute atomic E-state index is 12.4. The SMILES string of the molecule is CN(C)S(=O)(=O)c1cccc(C(=O)NCC(=O)Cc2nc(Br)cs2)c1.COC(=O)c1cccc(-c2csc(CC(=O)CNC(=O)c3cccc(S(=O)(=O)N(C)C)c3)n2)c1.COC(=O)c1cccc(B(O)O)c1. The molecule has 4 N–H and O–H groups in total. The number of halogens is 1. The van der Waals surface area contributed by atoms with E-state index in [1.807, 2.05) is 0 Å². The fourth-order valence-corrected chi connectivity index (χ4v) is 9.82. The van der Waals surface area contributed by atoms with Gasteiger partial charge in [0, 0.05) is 55.6 Å². The predicted molar refractivity (Wildman–Crippen MR) is 273 cm³/mol. The molecule has 26 heteroatoms. The Morgan fingerprint density at radius 1 is 0.611 bits per heavy atom. The molecule has 0 unspecified atom stereocenters. The summed E-state index contributed by atoms with van der Waals surface area (Å²) in [5.74, 6) is -2.45. The lowest BCUT2D eigenvalue weighted by Crippen LogP contribution is -2.30. The molecule has 20 nitrogen and oxygen atoms in total. The van der Waals surface area contributed by atoms with Gasteiger partial charge in [0.1, 0.15) is 14.6 Å². The predicted octanol–water partition coefficient (Wildman–Crippen LogP) is 3.24. The van der Waals surface area contributed by atoms with Gasteiger partial charge < -0.3 is 30.2 Å². The number of esters is 2. The highest BCUT2D eigenvalue weighted by atomic mass is 79.9. The van der Waals surface area contributed by atoms with Crippen LogP contribution in [0.3, 0.4) is 0 Å². The lowest BCUT2D eigenvalue weighted by Gasteiger charge is -2.12. The average Bonchev–Trinajstić information content (AvgIpc) is 4.02. The minimum atomic E-state index is -3.68. The van der Waals surface area contributed by atoms with E-state index in [9.17, 15) is 45.6 Å². The molecular weight excluding hydrogens is 1080 g/mol. The summed E-state index contributed by atoms with van der Waals surface area (Å²) in [7, 11) is -0.661. The molecule has 0 saturated carbocycles. The molecule has 4 aromatic carbocycles. The first-order valence-electron chi connectivity index (χ1n) is 20.9. The number of nitrogens with zero attached hydrogens (tertiary/aromatic N) is 4. The molecule has 0 radical (unpaired) electrons. The maximum atomic E-state index is 12.4. The summed E-state index contributed by atoms with van der Waals surface area (Å²) in [6.07, 6.45) is 0.155. The van der Waals surface area contributed by atoms with Crippen molar-refractivity contribution >= 4 is 107 Å². The van der Waals surface area contributed by atoms with Crippen LogP contribution in [0.25, 0.3) is 11.3 Å². The van der Waals surface area contributed by atoms with E-state index in [1.165, 1.54) is 132 Å². The summed E-state index contributed by atoms with van der Waals surface area (Å²) < 4.78 is 60.7. The summed E-state index contributed by atoms with van der Waals surface area (Å²) in [6, 6.07) is 24.1. The first kappa shape index (κ1) is 58.2. The van der Waals surface area contributed by atoms with Gasteiger partial charge in [0.05, 0.1) is 66.8 Å². The van der Waals surface area contributed by atoms with Crippen LogP contribution in [-0.2, 0) is 52.0 Å². The number of hydrogen-bond donors (Lipinski definition) is 4. The number of methoxy groups -OCH3 is 2. The highest BCUT2D eigenvalue weighted by molar-refractivity contribution is 9.10. The third-order valence-electron chi connectivity index (χ3n) is 9.60. The van der Waals surface area contributed by atoms with E-state index < -0.39 is 50.9 Å². The second kappa shape index (κ2) is 26.9. The number of carbonyl (C=O) groups is 6. The number of benzene rings is 4. The second-order valence-corrected chi connectivity index (χ2v) is 22.2. The highest BCUT2D eigenvalue weighted by Crippen LogP contribution is 2.24. The van der Waals surface area contributed by atoms with Crippen molar-refractivity contribution in [3.8, 4) is 11.3 Å². The normalized spacial score (nSPS) is 11.0. The molecule has 0 aliphatic rings. The van der Waals surface area contributed by atoms with Crippen LogP contribution in [0.4, 0.5) is 0 Å². The van der Waals surface area contributed by atoms with Gasteiger partial charge in [0.25, 0.3) is 11.8 Å². The van der Waals surface area contributed by atoms with E-state index in [1.54, 1.807) is 41.1 Å². The number of carbonyl (C=O) groups excluding carboxylic acids is 6. The van der Waals surface area contributed by atoms with Gasteiger partial charge in [0.15, 0.2) is 11.6 Å². The van der Waals surface area contributed by atoms with E-state index in [2.05, 4.69) is 41.3 Å². The van der Waals surface area contributed by atoms with Crippen molar-refractivity contribution in [1.29, 1.82) is 0 Å². The number of Topliss-reactive ketones (excluding diaryl/α,β-unsaturated/α-hetero) is 2. The molecule has 6 rings (SSSR count). The third kappa shape index (κ3) is 16.9. The quantitative estimate of drug-likeness (QED) is 0.0710. The molecule has 0 fully saturated rings. The van der Waals surface area contributed by atoms with E-state index >= 15 is 0 Å². The molecule has 0 atom stereocenters. The zero-order chi connectivity index (χ0) is 53.3. The van der Waals surface area contributed by atoms with Crippen molar-refractivity contribution in [2.45, 2.75) is 22.6 Å². The average molecular weight is 1130 g/mol. The number of thiazole rings is 2. The summed E-state index contributed by atoms with van der Waals surface area (Å²) in [5, 5.41) is 27.4. The number of sulfonamides is 2. The Labute approximate surface area is 432 Å². The Bertz CT molecular complexity index is 3150. The number of ether oxygens (including phenoxy) is 2. The number of amides is 2. The highest BCUT2D eigenvalue weighted by Gasteiger charge is 2.21. The molecule has 0 aliphatic carbocycles. The van der Waals surface area contributed by atoms with E-state index in [4.69, 9.17) is 14.8 Å². The van der Waals surface area contributed by atoms with Gasteiger partial charge in [-0.3, -0.25) is 19.2 Å². The number of nitrogens with one attached hydrogen (secondary N) is 2. The Balaban J connectivity index is 0.000000258. The summed E-state index contributed by atoms with van der Waals surface area (Å²) in [4.78, 5) is 80.2. The molecule has 0 bridgehead atoms. The van der Waals surface area contributed by atoms with E-state index in [0.29, 0.717) is 31.4 Å². The summed E-state index contributed by atoms with van der Waals surface area (Å²) in [5.41, 5.74) is 2.62. The first-order chi connectivity index (χ1) is 34.0. The van der Waals surface area contributed by atoms with Gasteiger partial charge in [-0.05, 0) is 82.1 Å². The molecule has 2 aromatic heterocycles. The lowest BCUT2D eigenvalue weighted by atomic mass is 9.80. The van der Waals surface area contributed by atoms with Gasteiger partial charge in [-0.15, -0.1) is 22.7 Å². The van der Waals surface area contributed by atoms with Gasteiger partial charge in [-0.1, -0.05) is 36.4 Å². The molecule has 0 spiro atoms. The van der Waals surface area contributed by atoms with Crippen LogP contribution in [0.2, 0.25) is 0 Å². The van der Waals surface area contributed by atoms with Crippen LogP contribution in [-0.4, -0.2) is 143 Å². The molecule has 0 saturated heterocycles. The fraction of sp³-hybridized carbons (Fsp3) is 0.217. The van der Waals surface area contributed by atoms with Crippen molar-refractivity contribution in [2.24, 2.45) is 0 Å². The molecule has 72 heavy (non-hydrogen) atoms. The number of ketones is 2. The van der Waals surface area contributed by atoms with Crippen molar-refractivity contribution in [3.63, 3.8) is 0 Å². The molecule has 6 aromatic rings. The summed E-state index contributed by atoms with van der Waals surface area (Å²) >= 11 is 5.86. The van der Waals surface area contributed by atoms with Crippen LogP contribution in [0, 0.1) is 0 Å². The lowest BCUT2D eigenvalue weighted by molar-refractivity contribution is -0.118. The van der Waals surface area contributed by atoms with Gasteiger partial charge in [-0.2, -0.15) is 0 Å². The zero-order valence-electron chi connectivity index (χ0n) is 39.4. The third-order valence-corrected chi connectivity index (χ3v) is 15.6. The molecule has 2 heterocycles. The topological polar surface area (TPSA) is 286 Å². The van der Waals surface area contributed by atoms with Crippen LogP contribution >= 0.6 is 38.6 Å². The van der Waals surface area contributed by atoms with Gasteiger partial charge in [0.2, 0.25) is 20.0 Å². The Morgan fingerprint density at radius 2 is 1.04 bits per heavy atom. The number of rotatable bonds is 18. The largest absolute Gasteiger partial charge is 0.488 e. The van der Waals surface area contributed by atoms with Gasteiger partial charge in [-0.25, -0.2) is 45.0 Å². The minimum absolute atomic E-state index is 0.0111. The molecule has 2 amide bonds. The van der Waals surface area contributed by atoms with Gasteiger partial charge >= 0.3 is 19.1 Å². The Kier molecular flexibility index (Phi) is 21.8. The van der Waals surface area contributed by atoms with Crippen LogP contribution < -0.4 is 16.1 Å². The van der Waals surface area contributed by atoms with Crippen molar-refractivity contribution < 1.29 is 65.1 Å². The minimum Gasteiger partial charge on any atom is -0.465 e. The number of hydrogen-bond acceptors (Lipinski definition) is 18. The smallest absolute Gasteiger partial charge is 0.465 e. The first-order valence-corrected chi connectivity index (χ1v) is 26.3. The Morgan fingerprint density at radius 3 is 1.49 bits per heavy atom. The zero-order valence-corrected chi connectivity index (χ0v) is 44.2. The monoisotopic (exact) mass is 1130 g/mol. The van der Waals surface area contributed by atoms with Crippen molar-refractivity contribution in [1.82, 2.24) is 29.2 Å². The molecular formula is C46H48BBrN6O14S4. The van der Waals surface area contributed by atoms with Crippen molar-refractivity contribution in [2.75, 3.05) is 55.5 Å². The van der Waals surface area contributed by atoms with Crippen LogP contribution in [0.15, 0.2) is 122 Å². The Hall–Kier alpha value is -6.36. The molecule has 380 valence electrons. The van der Waals surface area contributed by atoms with E-state index in [0.717, 1.165) is 14.2 Å². The second-order valence-electron chi connectivity index (χ2n) is 15.2. The molecule has 0 aliphatic heterocycles. The van der Waals surface area contributed by atoms with Crippen LogP contribution in [0.1, 0.15) is 51.4 Å². The standard InChI is InChI=1S/C23H23N3O6S2.C15H16BrN3O4S2.C8H9BO4/c1-26(2)34(30,31)19-9-5-7-16(11-19)22(28)24-13-18(27)12-21-25-20(14-33-21)15-6-4-8-17(10-15)23(29)32-3;1-19(2)25(22,23)12-5-3-4-10(6-12)15(21)17-8-11(20)7-14-18-13(16)9-24-14;1-13-8(10)6-3-2-4-7(5-6)9(11)12/h4-11,14H,12-13H2,1-3H3,(H,24,28);3-6,9H,7-8H2,1-2H3,(H,17,21);2-5,11-12H,1H3. The number of aromatic nitrogens is 2. The van der Waals surface area contributed by atoms with Crippen molar-refractivity contribution in [3.05, 3.63) is 145 Å². The maximum Gasteiger partial charge on any atom is 0.488 e. The summed E-state index contributed by atoms with van der Waals surface area (Å²) in [6.45, 7) is -0.378. The van der Waals surface area contributed by atoms with E-state index in [-0.39, 0.29) is 63.9 Å². The van der Waals surface area contributed by atoms with Crippen LogP contribution in [0.5, 0.6) is 0 Å². The fourth-order valence-electron chi connectivity index (χ4n) is 5.80.